The molecule has 0 radical (unpaired) electrons. The highest BCUT2D eigenvalue weighted by atomic mass is 16.6. The highest BCUT2D eigenvalue weighted by molar-refractivity contribution is 5.94. The highest BCUT2D eigenvalue weighted by Crippen LogP contribution is 2.24. The summed E-state index contributed by atoms with van der Waals surface area (Å²) in [6.45, 7) is 77.7. The summed E-state index contributed by atoms with van der Waals surface area (Å²) in [5.41, 5.74) is -2.61. The molecule has 0 aliphatic carbocycles. The van der Waals surface area contributed by atoms with Crippen molar-refractivity contribution in [2.45, 2.75) is 331 Å². The van der Waals surface area contributed by atoms with Gasteiger partial charge in [-0.15, -0.1) is 0 Å². The van der Waals surface area contributed by atoms with E-state index in [0.29, 0.717) is 19.3 Å². The zero-order valence-corrected chi connectivity index (χ0v) is 69.7. The van der Waals surface area contributed by atoms with E-state index >= 15 is 0 Å². The van der Waals surface area contributed by atoms with Crippen LogP contribution in [0.3, 0.4) is 0 Å². The summed E-state index contributed by atoms with van der Waals surface area (Å²) < 4.78 is 20.4. The third kappa shape index (κ3) is 77.9. The molecular formula is C78H148N4O15. The van der Waals surface area contributed by atoms with Gasteiger partial charge in [0, 0.05) is 67.5 Å². The van der Waals surface area contributed by atoms with Crippen molar-refractivity contribution in [3.8, 4) is 0 Å². The van der Waals surface area contributed by atoms with Crippen LogP contribution in [-0.2, 0) is 71.7 Å². The molecule has 0 unspecified atom stereocenters. The van der Waals surface area contributed by atoms with E-state index in [1.54, 1.807) is 12.2 Å². The molecular weight excluding hydrogens is 1230 g/mol. The molecule has 0 bridgehead atoms. The number of esters is 1. The Bertz CT molecular complexity index is 2360. The molecule has 0 spiro atoms. The van der Waals surface area contributed by atoms with E-state index in [1.807, 2.05) is 269 Å². The molecule has 0 aliphatic heterocycles. The molecule has 0 aliphatic rings. The molecule has 0 fully saturated rings. The zero-order chi connectivity index (χ0) is 79.6. The Kier molecular flexibility index (Phi) is 47.8. The summed E-state index contributed by atoms with van der Waals surface area (Å²) in [6, 6.07) is 0. The Hall–Kier alpha value is -5.27. The Morgan fingerprint density at radius 3 is 0.732 bits per heavy atom. The largest absolute Gasteiger partial charge is 0.460 e. The molecule has 570 valence electrons. The highest BCUT2D eigenvalue weighted by Gasteiger charge is 2.29. The first kappa shape index (κ1) is 105. The average molecular weight is 1380 g/mol. The number of Topliss-reactive ketones (excluding diaryl/α,β-unsaturated/α-hetero) is 5. The quantitative estimate of drug-likeness (QED) is 0.0734. The minimum absolute atomic E-state index is 0.00365. The summed E-state index contributed by atoms with van der Waals surface area (Å²) in [5.74, 6) is -0.103. The second-order valence-corrected chi connectivity index (χ2v) is 38.1. The minimum atomic E-state index is -0.416. The van der Waals surface area contributed by atoms with Gasteiger partial charge in [-0.1, -0.05) is 157 Å². The number of carbonyl (C=O) groups excluding carboxylic acids is 11. The summed E-state index contributed by atoms with van der Waals surface area (Å²) >= 11 is 0. The fraction of sp³-hybridized carbons (Fsp3) is 0.808. The van der Waals surface area contributed by atoms with Crippen LogP contribution < -0.4 is 21.3 Å². The molecule has 0 aromatic rings. The van der Waals surface area contributed by atoms with Gasteiger partial charge in [-0.25, -0.2) is 0 Å². The SMILES string of the molecule is CC(C)(C)/C=C/C(=O)NC(C)(C)C.CC(C)(C)C(=O)CCCC(=O)C(C)(C)C.CC(C)(C)C(=O)COCC(=O)C(C)(C)C.CC(C)(C)NC(=O)COCC(=O)C(C)(C)C.CC(C)(C)NC(=O)COCC(=O)NC(C)(C)C.CC(C)(C)OC(=O)C(C)(C)C.CC(C)=CC(=O)C(C)(C)C. The van der Waals surface area contributed by atoms with Crippen molar-refractivity contribution < 1.29 is 71.7 Å². The van der Waals surface area contributed by atoms with E-state index in [-0.39, 0.29) is 153 Å². The number of hydrogen-bond donors (Lipinski definition) is 4. The van der Waals surface area contributed by atoms with Crippen LogP contribution >= 0.6 is 0 Å². The van der Waals surface area contributed by atoms with Crippen molar-refractivity contribution in [3.63, 3.8) is 0 Å². The normalized spacial score (nSPS) is 12.5. The molecule has 0 atom stereocenters. The van der Waals surface area contributed by atoms with Gasteiger partial charge in [-0.3, -0.25) is 52.7 Å². The summed E-state index contributed by atoms with van der Waals surface area (Å²) in [5, 5.41) is 11.1. The van der Waals surface area contributed by atoms with Crippen molar-refractivity contribution in [2.24, 2.45) is 43.3 Å². The maximum Gasteiger partial charge on any atom is 0.311 e. The van der Waals surface area contributed by atoms with Crippen LogP contribution in [0.5, 0.6) is 0 Å². The monoisotopic (exact) mass is 1380 g/mol. The number of carbonyl (C=O) groups is 11. The first-order valence-electron chi connectivity index (χ1n) is 34.0. The predicted octanol–water partition coefficient (Wildman–Crippen LogP) is 15.4. The number of nitrogens with one attached hydrogen (secondary N) is 4. The summed E-state index contributed by atoms with van der Waals surface area (Å²) in [7, 11) is 0. The standard InChI is InChI=1S/C13H24O2.C12H24N2O3.C12H23NO3.C12H22O3.C11H21NO.C9H18O2.C9H16O/c1-12(2,3)10(14)8-7-9-11(15)13(4,5)6;1-11(2,3)13-9(15)7-17-8-10(16)14-12(4,5)6;1-11(2,3)9(14)7-16-8-10(15)13-12(4,5)6;1-11(2,3)9(13)7-15-8-10(14)12(4,5)6;1-10(2,3)8-7-9(13)12-11(4,5)6;1-8(2,3)7(10)11-9(4,5)6;1-7(2)6-8(10)9(3,4)5/h7-9H2,1-6H3;7-8H2,1-6H3,(H,13,15)(H,14,16);7-8H2,1-6H3,(H,13,15);7-8H2,1-6H3;7-8H,1-6H3,(H,12,13);1-6H3;6H,1-5H3/b;;;;8-7+;;. The van der Waals surface area contributed by atoms with Crippen LogP contribution in [0.4, 0.5) is 0 Å². The number of amides is 4. The predicted molar refractivity (Wildman–Crippen MR) is 398 cm³/mol. The van der Waals surface area contributed by atoms with Gasteiger partial charge in [0.2, 0.25) is 23.6 Å². The Balaban J connectivity index is -0.000000196. The van der Waals surface area contributed by atoms with Crippen LogP contribution in [0, 0.1) is 43.3 Å². The van der Waals surface area contributed by atoms with Gasteiger partial charge in [-0.2, -0.15) is 0 Å². The van der Waals surface area contributed by atoms with Gasteiger partial charge >= 0.3 is 5.97 Å². The molecule has 0 heterocycles. The average Bonchev–Trinajstić information content (AvgIpc) is 0.930. The second kappa shape index (κ2) is 44.1. The number of ether oxygens (including phenoxy) is 4. The lowest BCUT2D eigenvalue weighted by Crippen LogP contribution is -2.44. The molecule has 0 rings (SSSR count). The fourth-order valence-electron chi connectivity index (χ4n) is 5.53. The molecule has 97 heavy (non-hydrogen) atoms. The first-order chi connectivity index (χ1) is 42.2. The first-order valence-corrected chi connectivity index (χ1v) is 34.0. The number of hydrogen-bond acceptors (Lipinski definition) is 15. The molecule has 4 N–H and O–H groups in total. The topological polar surface area (TPSA) is 273 Å². The van der Waals surface area contributed by atoms with Crippen molar-refractivity contribution in [2.75, 3.05) is 39.6 Å². The minimum Gasteiger partial charge on any atom is -0.460 e. The number of allylic oxidation sites excluding steroid dienone is 3. The fourth-order valence-corrected chi connectivity index (χ4v) is 5.53. The van der Waals surface area contributed by atoms with Gasteiger partial charge < -0.3 is 40.2 Å². The van der Waals surface area contributed by atoms with E-state index in [4.69, 9.17) is 18.9 Å². The smallest absolute Gasteiger partial charge is 0.311 e. The molecule has 19 nitrogen and oxygen atoms in total. The number of ketones is 6. The summed E-state index contributed by atoms with van der Waals surface area (Å²) in [6.07, 6.45) is 6.93. The van der Waals surface area contributed by atoms with Crippen LogP contribution in [0.1, 0.15) is 303 Å². The van der Waals surface area contributed by atoms with E-state index in [2.05, 4.69) is 42.0 Å². The number of rotatable bonds is 18. The van der Waals surface area contributed by atoms with Crippen molar-refractivity contribution in [1.29, 1.82) is 0 Å². The van der Waals surface area contributed by atoms with E-state index in [1.165, 1.54) is 0 Å². The lowest BCUT2D eigenvalue weighted by Gasteiger charge is -2.25. The van der Waals surface area contributed by atoms with Gasteiger partial charge in [0.1, 0.15) is 56.8 Å². The van der Waals surface area contributed by atoms with Crippen LogP contribution in [0.25, 0.3) is 0 Å². The molecule has 0 aromatic heterocycles. The molecule has 0 saturated carbocycles. The van der Waals surface area contributed by atoms with Crippen LogP contribution in [-0.4, -0.2) is 132 Å². The zero-order valence-electron chi connectivity index (χ0n) is 69.7. The van der Waals surface area contributed by atoms with Crippen LogP contribution in [0.2, 0.25) is 0 Å². The third-order valence-corrected chi connectivity index (χ3v) is 11.3. The Morgan fingerprint density at radius 1 is 0.309 bits per heavy atom. The lowest BCUT2D eigenvalue weighted by atomic mass is 9.85. The Labute approximate surface area is 592 Å². The van der Waals surface area contributed by atoms with E-state index in [9.17, 15) is 52.7 Å². The van der Waals surface area contributed by atoms with Gasteiger partial charge in [0.15, 0.2) is 23.1 Å². The Morgan fingerprint density at radius 2 is 0.557 bits per heavy atom. The molecule has 0 saturated heterocycles. The molecule has 19 heteroatoms. The maximum atomic E-state index is 11.6. The van der Waals surface area contributed by atoms with Gasteiger partial charge in [-0.05, 0) is 162 Å². The summed E-state index contributed by atoms with van der Waals surface area (Å²) in [4.78, 5) is 125. The second-order valence-electron chi connectivity index (χ2n) is 38.1. The van der Waals surface area contributed by atoms with Gasteiger partial charge in [0.25, 0.3) is 0 Å². The van der Waals surface area contributed by atoms with Crippen molar-refractivity contribution in [1.82, 2.24) is 21.3 Å². The maximum absolute atomic E-state index is 11.6. The van der Waals surface area contributed by atoms with E-state index in [0.717, 1.165) is 5.57 Å². The molecule has 4 amide bonds. The van der Waals surface area contributed by atoms with Crippen LogP contribution in [0.15, 0.2) is 23.8 Å². The third-order valence-electron chi connectivity index (χ3n) is 11.3. The van der Waals surface area contributed by atoms with Crippen molar-refractivity contribution >= 4 is 64.3 Å². The van der Waals surface area contributed by atoms with E-state index < -0.39 is 21.7 Å². The lowest BCUT2D eigenvalue weighted by molar-refractivity contribution is -0.164. The van der Waals surface area contributed by atoms with Crippen molar-refractivity contribution in [3.05, 3.63) is 23.8 Å². The molecule has 0 aromatic carbocycles. The van der Waals surface area contributed by atoms with Gasteiger partial charge in [0.05, 0.1) is 5.41 Å².